The summed E-state index contributed by atoms with van der Waals surface area (Å²) >= 11 is 0. The van der Waals surface area contributed by atoms with E-state index in [0.29, 0.717) is 17.0 Å². The average Bonchev–Trinajstić information content (AvgIpc) is 2.65. The van der Waals surface area contributed by atoms with Gasteiger partial charge in [0.2, 0.25) is 0 Å². The van der Waals surface area contributed by atoms with Gasteiger partial charge in [0.15, 0.2) is 0 Å². The van der Waals surface area contributed by atoms with Gasteiger partial charge in [0.05, 0.1) is 18.8 Å². The number of quaternary nitrogens is 1. The van der Waals surface area contributed by atoms with Crippen LogP contribution in [0.5, 0.6) is 5.75 Å². The Hall–Kier alpha value is -2.66. The third kappa shape index (κ3) is 5.17. The first-order valence-electron chi connectivity index (χ1n) is 9.01. The number of rotatable bonds is 7. The lowest BCUT2D eigenvalue weighted by Crippen LogP contribution is -3.10. The van der Waals surface area contributed by atoms with Crippen LogP contribution < -0.4 is 10.3 Å². The van der Waals surface area contributed by atoms with Gasteiger partial charge in [-0.1, -0.05) is 17.7 Å². The van der Waals surface area contributed by atoms with Crippen LogP contribution >= 0.6 is 0 Å². The fraction of sp³-hybridized carbons (Fsp3) is 0.333. The van der Waals surface area contributed by atoms with Gasteiger partial charge in [-0.2, -0.15) is 5.10 Å². The average molecular weight is 354 g/mol. The molecule has 0 aromatic heterocycles. The summed E-state index contributed by atoms with van der Waals surface area (Å²) in [4.78, 5) is 13.6. The van der Waals surface area contributed by atoms with Crippen LogP contribution in [0, 0.1) is 6.92 Å². The molecule has 5 nitrogen and oxygen atoms in total. The molecule has 138 valence electrons. The highest BCUT2D eigenvalue weighted by molar-refractivity contribution is 6.01. The number of aromatic hydroxyl groups is 1. The highest BCUT2D eigenvalue weighted by atomic mass is 16.3. The largest absolute Gasteiger partial charge is 0.507 e. The zero-order valence-electron chi connectivity index (χ0n) is 16.0. The number of hydrazone groups is 1. The number of hydrogen-bond donors (Lipinski definition) is 3. The lowest BCUT2D eigenvalue weighted by Gasteiger charge is -2.16. The fourth-order valence-corrected chi connectivity index (χ4v) is 2.69. The third-order valence-electron chi connectivity index (χ3n) is 4.58. The number of benzene rings is 2. The normalized spacial score (nSPS) is 11.7. The summed E-state index contributed by atoms with van der Waals surface area (Å²) in [5.74, 6) is 0.0561. The van der Waals surface area contributed by atoms with Gasteiger partial charge in [-0.25, -0.2) is 5.43 Å². The number of carbonyl (C=O) groups excluding carboxylic acids is 1. The predicted octanol–water partition coefficient (Wildman–Crippen LogP) is 2.28. The number of nitrogens with zero attached hydrogens (tertiary/aromatic N) is 1. The van der Waals surface area contributed by atoms with Crippen LogP contribution in [0.4, 0.5) is 0 Å². The molecule has 0 spiro atoms. The van der Waals surface area contributed by atoms with E-state index in [1.165, 1.54) is 4.90 Å². The van der Waals surface area contributed by atoms with Crippen molar-refractivity contribution in [3.05, 3.63) is 64.7 Å². The second-order valence-corrected chi connectivity index (χ2v) is 6.48. The molecule has 0 saturated heterocycles. The first-order valence-corrected chi connectivity index (χ1v) is 9.01. The van der Waals surface area contributed by atoms with Crippen LogP contribution in [0.25, 0.3) is 0 Å². The highest BCUT2D eigenvalue weighted by Crippen LogP contribution is 2.18. The van der Waals surface area contributed by atoms with Crippen molar-refractivity contribution in [1.29, 1.82) is 0 Å². The SMILES string of the molecule is CC[NH+](CC)Cc1cc(/C(C)=N/NC(=O)c2ccc(C)cc2)ccc1O. The zero-order valence-corrected chi connectivity index (χ0v) is 16.0. The molecule has 0 aliphatic carbocycles. The summed E-state index contributed by atoms with van der Waals surface area (Å²) < 4.78 is 0. The van der Waals surface area contributed by atoms with Crippen molar-refractivity contribution >= 4 is 11.6 Å². The van der Waals surface area contributed by atoms with E-state index >= 15 is 0 Å². The highest BCUT2D eigenvalue weighted by Gasteiger charge is 2.11. The van der Waals surface area contributed by atoms with Crippen molar-refractivity contribution in [2.75, 3.05) is 13.1 Å². The molecular weight excluding hydrogens is 326 g/mol. The number of aryl methyl sites for hydroxylation is 1. The van der Waals surface area contributed by atoms with E-state index in [2.05, 4.69) is 24.4 Å². The molecule has 2 rings (SSSR count). The summed E-state index contributed by atoms with van der Waals surface area (Å²) in [7, 11) is 0. The van der Waals surface area contributed by atoms with Gasteiger partial charge in [-0.05, 0) is 63.6 Å². The van der Waals surface area contributed by atoms with Crippen LogP contribution in [0.1, 0.15) is 47.8 Å². The van der Waals surface area contributed by atoms with Gasteiger partial charge in [-0.15, -0.1) is 0 Å². The molecular formula is C21H28N3O2+. The van der Waals surface area contributed by atoms with Gasteiger partial charge in [0, 0.05) is 11.1 Å². The maximum Gasteiger partial charge on any atom is 0.271 e. The molecule has 26 heavy (non-hydrogen) atoms. The fourth-order valence-electron chi connectivity index (χ4n) is 2.69. The quantitative estimate of drug-likeness (QED) is 0.527. The maximum atomic E-state index is 12.2. The third-order valence-corrected chi connectivity index (χ3v) is 4.58. The molecule has 0 bridgehead atoms. The molecule has 0 heterocycles. The molecule has 0 unspecified atom stereocenters. The molecule has 0 aliphatic heterocycles. The summed E-state index contributed by atoms with van der Waals surface area (Å²) in [5.41, 5.74) is 6.74. The van der Waals surface area contributed by atoms with Gasteiger partial charge in [0.25, 0.3) is 5.91 Å². The second kappa shape index (κ2) is 9.15. The van der Waals surface area contributed by atoms with E-state index in [0.717, 1.165) is 36.3 Å². The minimum absolute atomic E-state index is 0.240. The van der Waals surface area contributed by atoms with Crippen LogP contribution in [0.15, 0.2) is 47.6 Å². The monoisotopic (exact) mass is 354 g/mol. The van der Waals surface area contributed by atoms with Crippen LogP contribution in [-0.4, -0.2) is 29.8 Å². The van der Waals surface area contributed by atoms with Crippen molar-refractivity contribution in [2.24, 2.45) is 5.10 Å². The maximum absolute atomic E-state index is 12.2. The van der Waals surface area contributed by atoms with Gasteiger partial charge in [-0.3, -0.25) is 4.79 Å². The lowest BCUT2D eigenvalue weighted by atomic mass is 10.1. The van der Waals surface area contributed by atoms with Gasteiger partial charge in [0.1, 0.15) is 12.3 Å². The van der Waals surface area contributed by atoms with Crippen molar-refractivity contribution in [3.63, 3.8) is 0 Å². The predicted molar refractivity (Wildman–Crippen MR) is 105 cm³/mol. The lowest BCUT2D eigenvalue weighted by molar-refractivity contribution is -0.910. The van der Waals surface area contributed by atoms with E-state index in [4.69, 9.17) is 0 Å². The van der Waals surface area contributed by atoms with E-state index in [9.17, 15) is 9.90 Å². The Morgan fingerprint density at radius 1 is 1.08 bits per heavy atom. The molecule has 0 saturated carbocycles. The Morgan fingerprint density at radius 2 is 1.69 bits per heavy atom. The molecule has 0 radical (unpaired) electrons. The van der Waals surface area contributed by atoms with Crippen LogP contribution in [-0.2, 0) is 6.54 Å². The molecule has 1 amide bonds. The van der Waals surface area contributed by atoms with Crippen LogP contribution in [0.3, 0.4) is 0 Å². The molecule has 3 N–H and O–H groups in total. The Morgan fingerprint density at radius 3 is 2.31 bits per heavy atom. The number of amides is 1. The first-order chi connectivity index (χ1) is 12.4. The molecule has 5 heteroatoms. The van der Waals surface area contributed by atoms with E-state index in [1.807, 2.05) is 38.1 Å². The minimum atomic E-state index is -0.240. The first kappa shape index (κ1) is 19.7. The topological polar surface area (TPSA) is 66.1 Å². The summed E-state index contributed by atoms with van der Waals surface area (Å²) in [6, 6.07) is 12.8. The van der Waals surface area contributed by atoms with Crippen LogP contribution in [0.2, 0.25) is 0 Å². The number of phenols is 1. The summed E-state index contributed by atoms with van der Waals surface area (Å²) in [6.45, 7) is 10.8. The summed E-state index contributed by atoms with van der Waals surface area (Å²) in [6.07, 6.45) is 0. The zero-order chi connectivity index (χ0) is 19.1. The van der Waals surface area contributed by atoms with Crippen molar-refractivity contribution in [2.45, 2.75) is 34.2 Å². The molecule has 0 fully saturated rings. The summed E-state index contributed by atoms with van der Waals surface area (Å²) in [5, 5.41) is 14.3. The van der Waals surface area contributed by atoms with Crippen molar-refractivity contribution in [1.82, 2.24) is 5.43 Å². The molecule has 0 atom stereocenters. The van der Waals surface area contributed by atoms with Crippen molar-refractivity contribution in [3.8, 4) is 5.75 Å². The smallest absolute Gasteiger partial charge is 0.271 e. The van der Waals surface area contributed by atoms with E-state index < -0.39 is 0 Å². The van der Waals surface area contributed by atoms with E-state index in [-0.39, 0.29) is 5.91 Å². The van der Waals surface area contributed by atoms with E-state index in [1.54, 1.807) is 18.2 Å². The molecule has 0 aliphatic rings. The van der Waals surface area contributed by atoms with Crippen molar-refractivity contribution < 1.29 is 14.8 Å². The Labute approximate surface area is 155 Å². The minimum Gasteiger partial charge on any atom is -0.507 e. The number of nitrogens with one attached hydrogen (secondary N) is 2. The number of carbonyl (C=O) groups is 1. The van der Waals surface area contributed by atoms with Gasteiger partial charge >= 0.3 is 0 Å². The Bertz CT molecular complexity index is 778. The molecule has 2 aromatic carbocycles. The second-order valence-electron chi connectivity index (χ2n) is 6.48. The Balaban J connectivity index is 2.12. The number of hydrogen-bond acceptors (Lipinski definition) is 3. The standard InChI is InChI=1S/C21H27N3O2/c1-5-24(6-2)14-19-13-18(11-12-20(19)25)16(4)22-23-21(26)17-9-7-15(3)8-10-17/h7-13,25H,5-6,14H2,1-4H3,(H,23,26)/p+1/b22-16+. The van der Waals surface area contributed by atoms with Gasteiger partial charge < -0.3 is 10.0 Å². The molecule has 2 aromatic rings. The number of phenolic OH excluding ortho intramolecular Hbond substituents is 1. The Kier molecular flexibility index (Phi) is 6.92.